The number of methoxy groups -OCH3 is 2. The molecular weight excluding hydrogens is 328 g/mol. The fourth-order valence-electron chi connectivity index (χ4n) is 3.12. The zero-order chi connectivity index (χ0) is 18.5. The van der Waals surface area contributed by atoms with E-state index < -0.39 is 0 Å². The number of unbranched alkanes of at least 4 members (excludes halogenated alkanes) is 1. The summed E-state index contributed by atoms with van der Waals surface area (Å²) in [4.78, 5) is 9.20. The largest absolute Gasteiger partial charge is 0.496 e. The monoisotopic (exact) mass is 354 g/mol. The van der Waals surface area contributed by atoms with Gasteiger partial charge in [-0.25, -0.2) is 9.97 Å². The van der Waals surface area contributed by atoms with Crippen LogP contribution >= 0.6 is 0 Å². The topological polar surface area (TPSA) is 61.2 Å². The molecule has 0 unspecified atom stereocenters. The van der Waals surface area contributed by atoms with E-state index in [-0.39, 0.29) is 0 Å². The highest BCUT2D eigenvalue weighted by Gasteiger charge is 2.15. The molecule has 0 atom stereocenters. The second-order valence-electron chi connectivity index (χ2n) is 6.22. The third kappa shape index (κ3) is 3.59. The highest BCUT2D eigenvalue weighted by atomic mass is 16.5. The average molecular weight is 354 g/mol. The number of aromatic nitrogens is 3. The first-order chi connectivity index (χ1) is 12.7. The van der Waals surface area contributed by atoms with E-state index in [0.717, 1.165) is 59.1 Å². The number of nitrogens with one attached hydrogen (secondary N) is 1. The van der Waals surface area contributed by atoms with Crippen LogP contribution in [-0.2, 0) is 6.54 Å². The quantitative estimate of drug-likeness (QED) is 0.619. The highest BCUT2D eigenvalue weighted by molar-refractivity contribution is 5.86. The molecule has 0 bridgehead atoms. The Morgan fingerprint density at radius 3 is 2.46 bits per heavy atom. The Labute approximate surface area is 154 Å². The van der Waals surface area contributed by atoms with Crippen LogP contribution in [-0.4, -0.2) is 35.3 Å². The lowest BCUT2D eigenvalue weighted by atomic mass is 10.1. The Bertz CT molecular complexity index is 867. The van der Waals surface area contributed by atoms with Gasteiger partial charge in [0.2, 0.25) is 0 Å². The van der Waals surface area contributed by atoms with Gasteiger partial charge in [0.25, 0.3) is 0 Å². The van der Waals surface area contributed by atoms with Gasteiger partial charge in [-0.15, -0.1) is 0 Å². The molecule has 6 heteroatoms. The summed E-state index contributed by atoms with van der Waals surface area (Å²) in [6, 6.07) is 7.85. The van der Waals surface area contributed by atoms with Crippen molar-refractivity contribution in [3.05, 3.63) is 41.9 Å². The number of fused-ring (bicyclic) bond motifs is 1. The van der Waals surface area contributed by atoms with Crippen molar-refractivity contribution in [2.45, 2.75) is 33.2 Å². The summed E-state index contributed by atoms with van der Waals surface area (Å²) in [5, 5.41) is 3.46. The molecule has 1 aromatic carbocycles. The van der Waals surface area contributed by atoms with Gasteiger partial charge in [0, 0.05) is 12.7 Å². The van der Waals surface area contributed by atoms with Gasteiger partial charge in [0.15, 0.2) is 5.82 Å². The molecule has 2 aromatic heterocycles. The lowest BCUT2D eigenvalue weighted by Crippen LogP contribution is -2.09. The number of hydrogen-bond acceptors (Lipinski definition) is 5. The normalized spacial score (nSPS) is 10.9. The maximum Gasteiger partial charge on any atom is 0.154 e. The molecule has 0 aliphatic carbocycles. The zero-order valence-electron chi connectivity index (χ0n) is 15.9. The summed E-state index contributed by atoms with van der Waals surface area (Å²) < 4.78 is 13.2. The van der Waals surface area contributed by atoms with Crippen molar-refractivity contribution in [2.24, 2.45) is 0 Å². The molecule has 0 amide bonds. The van der Waals surface area contributed by atoms with Crippen molar-refractivity contribution >= 4 is 16.9 Å². The van der Waals surface area contributed by atoms with E-state index in [1.165, 1.54) is 0 Å². The number of anilines is 1. The molecule has 0 aliphatic heterocycles. The smallest absolute Gasteiger partial charge is 0.154 e. The van der Waals surface area contributed by atoms with E-state index in [2.05, 4.69) is 26.8 Å². The van der Waals surface area contributed by atoms with Crippen molar-refractivity contribution in [1.82, 2.24) is 14.5 Å². The minimum absolute atomic E-state index is 0.617. The van der Waals surface area contributed by atoms with Gasteiger partial charge >= 0.3 is 0 Å². The van der Waals surface area contributed by atoms with E-state index >= 15 is 0 Å². The first kappa shape index (κ1) is 18.0. The molecule has 0 saturated heterocycles. The van der Waals surface area contributed by atoms with E-state index in [9.17, 15) is 0 Å². The Kier molecular flexibility index (Phi) is 5.61. The molecule has 2 heterocycles. The summed E-state index contributed by atoms with van der Waals surface area (Å²) in [7, 11) is 3.35. The number of benzene rings is 1. The summed E-state index contributed by atoms with van der Waals surface area (Å²) in [5.41, 5.74) is 2.93. The van der Waals surface area contributed by atoms with Crippen molar-refractivity contribution in [3.8, 4) is 11.5 Å². The van der Waals surface area contributed by atoms with Crippen LogP contribution in [0.15, 0.2) is 30.5 Å². The van der Waals surface area contributed by atoms with Crippen LogP contribution < -0.4 is 14.8 Å². The van der Waals surface area contributed by atoms with E-state index in [1.54, 1.807) is 14.2 Å². The standard InChI is InChI=1S/C20H26N4O2/c1-5-6-11-21-20-19-16(22-14(2)23-20)10-12-24(19)13-15-17(25-3)8-7-9-18(15)26-4/h7-10,12H,5-6,11,13H2,1-4H3,(H,21,22,23). The van der Waals surface area contributed by atoms with Crippen LogP contribution in [0.1, 0.15) is 31.2 Å². The molecule has 0 saturated carbocycles. The number of ether oxygens (including phenoxy) is 2. The average Bonchev–Trinajstić information content (AvgIpc) is 3.04. The minimum atomic E-state index is 0.617. The lowest BCUT2D eigenvalue weighted by Gasteiger charge is -2.15. The molecular formula is C20H26N4O2. The lowest BCUT2D eigenvalue weighted by molar-refractivity contribution is 0.383. The predicted octanol–water partition coefficient (Wildman–Crippen LogP) is 4.02. The van der Waals surface area contributed by atoms with Gasteiger partial charge in [0.1, 0.15) is 22.8 Å². The maximum absolute atomic E-state index is 5.54. The van der Waals surface area contributed by atoms with E-state index in [0.29, 0.717) is 6.54 Å². The van der Waals surface area contributed by atoms with Gasteiger partial charge in [-0.1, -0.05) is 19.4 Å². The maximum atomic E-state index is 5.54. The van der Waals surface area contributed by atoms with Crippen LogP contribution in [0.5, 0.6) is 11.5 Å². The molecule has 0 fully saturated rings. The van der Waals surface area contributed by atoms with Crippen LogP contribution in [0.25, 0.3) is 11.0 Å². The number of hydrogen-bond donors (Lipinski definition) is 1. The molecule has 0 aliphatic rings. The summed E-state index contributed by atoms with van der Waals surface area (Å²) in [6.45, 7) is 5.61. The minimum Gasteiger partial charge on any atom is -0.496 e. The second-order valence-corrected chi connectivity index (χ2v) is 6.22. The van der Waals surface area contributed by atoms with Gasteiger partial charge in [-0.2, -0.15) is 0 Å². The Balaban J connectivity index is 2.04. The Hall–Kier alpha value is -2.76. The molecule has 3 rings (SSSR count). The Morgan fingerprint density at radius 2 is 1.81 bits per heavy atom. The third-order valence-corrected chi connectivity index (χ3v) is 4.40. The number of nitrogens with zero attached hydrogens (tertiary/aromatic N) is 3. The van der Waals surface area contributed by atoms with Crippen molar-refractivity contribution < 1.29 is 9.47 Å². The fraction of sp³-hybridized carbons (Fsp3) is 0.400. The zero-order valence-corrected chi connectivity index (χ0v) is 15.9. The fourth-order valence-corrected chi connectivity index (χ4v) is 3.12. The predicted molar refractivity (Wildman–Crippen MR) is 104 cm³/mol. The van der Waals surface area contributed by atoms with E-state index in [4.69, 9.17) is 9.47 Å². The molecule has 6 nitrogen and oxygen atoms in total. The third-order valence-electron chi connectivity index (χ3n) is 4.40. The first-order valence-electron chi connectivity index (χ1n) is 8.95. The summed E-state index contributed by atoms with van der Waals surface area (Å²) in [6.07, 6.45) is 4.28. The van der Waals surface area contributed by atoms with Crippen molar-refractivity contribution in [2.75, 3.05) is 26.1 Å². The summed E-state index contributed by atoms with van der Waals surface area (Å²) >= 11 is 0. The molecule has 26 heavy (non-hydrogen) atoms. The summed E-state index contributed by atoms with van der Waals surface area (Å²) in [5.74, 6) is 3.25. The van der Waals surface area contributed by atoms with Gasteiger partial charge < -0.3 is 19.4 Å². The van der Waals surface area contributed by atoms with Crippen LogP contribution in [0.2, 0.25) is 0 Å². The van der Waals surface area contributed by atoms with Gasteiger partial charge in [-0.3, -0.25) is 0 Å². The second kappa shape index (κ2) is 8.08. The van der Waals surface area contributed by atoms with Gasteiger partial charge in [0.05, 0.1) is 31.8 Å². The van der Waals surface area contributed by atoms with Crippen LogP contribution in [0.4, 0.5) is 5.82 Å². The molecule has 0 spiro atoms. The van der Waals surface area contributed by atoms with Gasteiger partial charge in [-0.05, 0) is 31.5 Å². The number of aryl methyl sites for hydroxylation is 1. The van der Waals surface area contributed by atoms with Crippen LogP contribution in [0.3, 0.4) is 0 Å². The van der Waals surface area contributed by atoms with Crippen molar-refractivity contribution in [3.63, 3.8) is 0 Å². The molecule has 0 radical (unpaired) electrons. The molecule has 3 aromatic rings. The van der Waals surface area contributed by atoms with Crippen LogP contribution in [0, 0.1) is 6.92 Å². The Morgan fingerprint density at radius 1 is 1.08 bits per heavy atom. The van der Waals surface area contributed by atoms with Crippen molar-refractivity contribution in [1.29, 1.82) is 0 Å². The SMILES string of the molecule is CCCCNc1nc(C)nc2ccn(Cc3c(OC)cccc3OC)c12. The molecule has 138 valence electrons. The highest BCUT2D eigenvalue weighted by Crippen LogP contribution is 2.31. The number of rotatable bonds is 8. The van der Waals surface area contributed by atoms with E-state index in [1.807, 2.05) is 37.4 Å². The molecule has 1 N–H and O–H groups in total. The first-order valence-corrected chi connectivity index (χ1v) is 8.95.